The fraction of sp³-hybridized carbons (Fsp3) is 0.444. The van der Waals surface area contributed by atoms with E-state index < -0.39 is 9.84 Å². The Kier molecular flexibility index (Phi) is 5.54. The van der Waals surface area contributed by atoms with E-state index in [-0.39, 0.29) is 23.8 Å². The number of carbonyl (C=O) groups excluding carboxylic acids is 1. The molecule has 1 heterocycles. The summed E-state index contributed by atoms with van der Waals surface area (Å²) in [5.74, 6) is 0.163. The zero-order valence-corrected chi connectivity index (χ0v) is 15.8. The molecule has 2 aromatic rings. The number of aromatic nitrogens is 1. The number of carbonyl (C=O) groups is 1. The monoisotopic (exact) mass is 378 g/mol. The third-order valence-corrected chi connectivity index (χ3v) is 6.94. The second-order valence-electron chi connectivity index (χ2n) is 6.61. The largest absolute Gasteiger partial charge is 0.302 e. The van der Waals surface area contributed by atoms with Gasteiger partial charge in [-0.2, -0.15) is 0 Å². The van der Waals surface area contributed by atoms with Crippen molar-refractivity contribution >= 4 is 32.2 Å². The van der Waals surface area contributed by atoms with Crippen LogP contribution in [0.5, 0.6) is 0 Å². The molecule has 1 aliphatic rings. The van der Waals surface area contributed by atoms with Crippen molar-refractivity contribution in [3.63, 3.8) is 0 Å². The number of nitrogens with one attached hydrogen (secondary N) is 1. The highest BCUT2D eigenvalue weighted by Gasteiger charge is 2.21. The van der Waals surface area contributed by atoms with Crippen molar-refractivity contribution in [2.24, 2.45) is 5.92 Å². The number of nitrogens with zero attached hydrogens (tertiary/aromatic N) is 1. The molecule has 25 heavy (non-hydrogen) atoms. The van der Waals surface area contributed by atoms with Gasteiger partial charge in [0, 0.05) is 11.3 Å². The lowest BCUT2D eigenvalue weighted by molar-refractivity contribution is -0.115. The second-order valence-corrected chi connectivity index (χ2v) is 9.88. The van der Waals surface area contributed by atoms with Crippen molar-refractivity contribution in [3.8, 4) is 0 Å². The van der Waals surface area contributed by atoms with Crippen molar-refractivity contribution in [1.29, 1.82) is 0 Å². The summed E-state index contributed by atoms with van der Waals surface area (Å²) >= 11 is 1.51. The smallest absolute Gasteiger partial charge is 0.227 e. The minimum atomic E-state index is -3.31. The van der Waals surface area contributed by atoms with E-state index in [9.17, 15) is 13.2 Å². The highest BCUT2D eigenvalue weighted by atomic mass is 32.2. The Balaban J connectivity index is 1.53. The van der Waals surface area contributed by atoms with Crippen LogP contribution < -0.4 is 5.32 Å². The van der Waals surface area contributed by atoms with Gasteiger partial charge in [-0.25, -0.2) is 13.4 Å². The van der Waals surface area contributed by atoms with Gasteiger partial charge >= 0.3 is 0 Å². The van der Waals surface area contributed by atoms with Gasteiger partial charge in [0.25, 0.3) is 0 Å². The molecule has 0 unspecified atom stereocenters. The van der Waals surface area contributed by atoms with E-state index in [1.54, 1.807) is 12.1 Å². The maximum Gasteiger partial charge on any atom is 0.227 e. The van der Waals surface area contributed by atoms with E-state index in [1.807, 2.05) is 18.2 Å². The Labute approximate surface area is 152 Å². The fourth-order valence-electron chi connectivity index (χ4n) is 2.92. The van der Waals surface area contributed by atoms with Crippen molar-refractivity contribution < 1.29 is 13.2 Å². The summed E-state index contributed by atoms with van der Waals surface area (Å²) in [6.45, 7) is 2.22. The number of aryl methyl sites for hydroxylation is 1. The van der Waals surface area contributed by atoms with Crippen LogP contribution in [0.2, 0.25) is 0 Å². The lowest BCUT2D eigenvalue weighted by Crippen LogP contribution is -2.18. The molecular formula is C18H22N2O3S2. The van der Waals surface area contributed by atoms with E-state index in [2.05, 4.69) is 17.2 Å². The van der Waals surface area contributed by atoms with Gasteiger partial charge in [0.1, 0.15) is 0 Å². The molecule has 5 nitrogen and oxygen atoms in total. The molecule has 1 amide bonds. The van der Waals surface area contributed by atoms with Gasteiger partial charge < -0.3 is 5.32 Å². The molecular weight excluding hydrogens is 356 g/mol. The van der Waals surface area contributed by atoms with E-state index in [0.717, 1.165) is 30.5 Å². The average molecular weight is 379 g/mol. The number of benzene rings is 1. The van der Waals surface area contributed by atoms with E-state index >= 15 is 0 Å². The number of sulfone groups is 1. The van der Waals surface area contributed by atoms with Crippen LogP contribution in [0.3, 0.4) is 0 Å². The van der Waals surface area contributed by atoms with Crippen LogP contribution in [0.15, 0.2) is 30.3 Å². The standard InChI is InChI=1S/C18H22N2O3S2/c1-13-7-8-15-16(11-13)24-18(19-15)20-17(21)9-10-25(22,23)12-14-5-3-2-4-6-14/h2-6,13H,7-12H2,1H3,(H,19,20,21)/t13-/m1/s1. The van der Waals surface area contributed by atoms with Crippen molar-refractivity contribution in [2.75, 3.05) is 11.1 Å². The Hall–Kier alpha value is -1.73. The van der Waals surface area contributed by atoms with Crippen LogP contribution in [0.1, 0.15) is 35.9 Å². The molecule has 0 aliphatic heterocycles. The molecule has 0 radical (unpaired) electrons. The molecule has 3 rings (SSSR count). The quantitative estimate of drug-likeness (QED) is 0.837. The Morgan fingerprint density at radius 2 is 2.08 bits per heavy atom. The first-order valence-electron chi connectivity index (χ1n) is 8.44. The van der Waals surface area contributed by atoms with Crippen molar-refractivity contribution in [3.05, 3.63) is 46.5 Å². The molecule has 0 fully saturated rings. The summed E-state index contributed by atoms with van der Waals surface area (Å²) in [5.41, 5.74) is 1.82. The predicted molar refractivity (Wildman–Crippen MR) is 100 cm³/mol. The van der Waals surface area contributed by atoms with Gasteiger partial charge in [0.15, 0.2) is 15.0 Å². The van der Waals surface area contributed by atoms with Gasteiger partial charge in [-0.15, -0.1) is 11.3 Å². The first-order valence-corrected chi connectivity index (χ1v) is 11.1. The summed E-state index contributed by atoms with van der Waals surface area (Å²) in [7, 11) is -3.31. The molecule has 1 atom stereocenters. The molecule has 7 heteroatoms. The SMILES string of the molecule is C[C@@H]1CCc2nc(NC(=O)CCS(=O)(=O)Cc3ccccc3)sc2C1. The number of hydrogen-bond acceptors (Lipinski definition) is 5. The highest BCUT2D eigenvalue weighted by Crippen LogP contribution is 2.32. The summed E-state index contributed by atoms with van der Waals surface area (Å²) in [6, 6.07) is 9.01. The Morgan fingerprint density at radius 3 is 2.84 bits per heavy atom. The zero-order valence-electron chi connectivity index (χ0n) is 14.2. The molecule has 1 N–H and O–H groups in total. The van der Waals surface area contributed by atoms with Gasteiger partial charge in [-0.3, -0.25) is 4.79 Å². The molecule has 0 spiro atoms. The summed E-state index contributed by atoms with van der Waals surface area (Å²) in [5, 5.41) is 3.34. The van der Waals surface area contributed by atoms with Crippen LogP contribution in [0.4, 0.5) is 5.13 Å². The van der Waals surface area contributed by atoms with Crippen molar-refractivity contribution in [2.45, 2.75) is 38.4 Å². The molecule has 0 saturated heterocycles. The zero-order chi connectivity index (χ0) is 17.9. The number of hydrogen-bond donors (Lipinski definition) is 1. The van der Waals surface area contributed by atoms with Crippen LogP contribution in [0.25, 0.3) is 0 Å². The third kappa shape index (κ3) is 5.12. The summed E-state index contributed by atoms with van der Waals surface area (Å²) in [4.78, 5) is 17.8. The van der Waals surface area contributed by atoms with Crippen LogP contribution in [-0.4, -0.2) is 25.1 Å². The first-order chi connectivity index (χ1) is 11.9. The van der Waals surface area contributed by atoms with Gasteiger partial charge in [-0.1, -0.05) is 37.3 Å². The summed E-state index contributed by atoms with van der Waals surface area (Å²) < 4.78 is 24.3. The maximum atomic E-state index is 12.2. The topological polar surface area (TPSA) is 76.1 Å². The van der Waals surface area contributed by atoms with Crippen LogP contribution in [0, 0.1) is 5.92 Å². The highest BCUT2D eigenvalue weighted by molar-refractivity contribution is 7.90. The molecule has 1 aromatic heterocycles. The van der Waals surface area contributed by atoms with Gasteiger partial charge in [0.05, 0.1) is 17.2 Å². The predicted octanol–water partition coefficient (Wildman–Crippen LogP) is 3.21. The lowest BCUT2D eigenvalue weighted by atomic mass is 9.93. The van der Waals surface area contributed by atoms with Crippen molar-refractivity contribution in [1.82, 2.24) is 4.98 Å². The van der Waals surface area contributed by atoms with Gasteiger partial charge in [0.2, 0.25) is 5.91 Å². The first kappa shape index (κ1) is 18.1. The third-order valence-electron chi connectivity index (χ3n) is 4.30. The maximum absolute atomic E-state index is 12.2. The van der Waals surface area contributed by atoms with Crippen LogP contribution in [-0.2, 0) is 33.2 Å². The fourth-order valence-corrected chi connectivity index (χ4v) is 5.45. The molecule has 0 bridgehead atoms. The van der Waals surface area contributed by atoms with Crippen LogP contribution >= 0.6 is 11.3 Å². The number of thiazole rings is 1. The molecule has 0 saturated carbocycles. The summed E-state index contributed by atoms with van der Waals surface area (Å²) in [6.07, 6.45) is 3.04. The number of amides is 1. The number of anilines is 1. The molecule has 1 aliphatic carbocycles. The van der Waals surface area contributed by atoms with E-state index in [0.29, 0.717) is 11.0 Å². The Morgan fingerprint density at radius 1 is 1.32 bits per heavy atom. The number of rotatable bonds is 6. The second kappa shape index (κ2) is 7.66. The lowest BCUT2D eigenvalue weighted by Gasteiger charge is -2.15. The average Bonchev–Trinajstić information content (AvgIpc) is 2.95. The van der Waals surface area contributed by atoms with Gasteiger partial charge in [-0.05, 0) is 30.7 Å². The minimum absolute atomic E-state index is 0.0371. The minimum Gasteiger partial charge on any atom is -0.302 e. The molecule has 1 aromatic carbocycles. The Bertz CT molecular complexity index is 844. The number of fused-ring (bicyclic) bond motifs is 1. The molecule has 134 valence electrons. The van der Waals surface area contributed by atoms with E-state index in [4.69, 9.17) is 0 Å². The normalized spacial score (nSPS) is 17.1. The van der Waals surface area contributed by atoms with E-state index in [1.165, 1.54) is 16.2 Å².